The normalized spacial score (nSPS) is 20.6. The molecule has 0 aromatic heterocycles. The van der Waals surface area contributed by atoms with E-state index in [2.05, 4.69) is 40.0 Å². The summed E-state index contributed by atoms with van der Waals surface area (Å²) >= 11 is 0. The van der Waals surface area contributed by atoms with Crippen molar-refractivity contribution in [3.63, 3.8) is 0 Å². The van der Waals surface area contributed by atoms with Crippen LogP contribution in [0.25, 0.3) is 0 Å². The van der Waals surface area contributed by atoms with Gasteiger partial charge in [-0.25, -0.2) is 4.79 Å². The van der Waals surface area contributed by atoms with Gasteiger partial charge < -0.3 is 19.6 Å². The summed E-state index contributed by atoms with van der Waals surface area (Å²) in [5.41, 5.74) is 2.38. The van der Waals surface area contributed by atoms with Gasteiger partial charge in [0.2, 0.25) is 0 Å². The number of methoxy groups -OCH3 is 1. The van der Waals surface area contributed by atoms with Crippen LogP contribution in [-0.4, -0.2) is 72.1 Å². The van der Waals surface area contributed by atoms with Gasteiger partial charge in [0.1, 0.15) is 0 Å². The summed E-state index contributed by atoms with van der Waals surface area (Å²) in [6, 6.07) is 11.3. The lowest BCUT2D eigenvalue weighted by atomic mass is 10.0. The Labute approximate surface area is 190 Å². The van der Waals surface area contributed by atoms with Gasteiger partial charge in [0.25, 0.3) is 0 Å². The standard InChI is InChI=1S/C16H22N2.C9H13NO4/c1-3-7-14(8-4-1)13-15-10-12-18-11-6-2-5-9-16(18)17-15;1-14-8(11)6-7-2-4-10(5-3-7)9(12)13/h1,3-4,7-8,15H,2,5-6,9-13H2;2H,3-6H2,1H3,(H,12,13). The van der Waals surface area contributed by atoms with Gasteiger partial charge in [0.05, 0.1) is 25.4 Å². The molecule has 1 saturated heterocycles. The minimum atomic E-state index is -0.918. The number of nitrogens with zero attached hydrogens (tertiary/aromatic N) is 3. The molecule has 32 heavy (non-hydrogen) atoms. The van der Waals surface area contributed by atoms with Crippen LogP contribution in [0.1, 0.15) is 50.5 Å². The van der Waals surface area contributed by atoms with E-state index in [0.717, 1.165) is 12.0 Å². The van der Waals surface area contributed by atoms with E-state index in [4.69, 9.17) is 10.1 Å². The summed E-state index contributed by atoms with van der Waals surface area (Å²) in [5, 5.41) is 8.66. The molecule has 174 valence electrons. The van der Waals surface area contributed by atoms with Crippen molar-refractivity contribution in [1.82, 2.24) is 9.80 Å². The van der Waals surface area contributed by atoms with E-state index in [1.807, 2.05) is 0 Å². The summed E-state index contributed by atoms with van der Waals surface area (Å²) in [4.78, 5) is 30.3. The molecule has 4 rings (SSSR count). The van der Waals surface area contributed by atoms with Gasteiger partial charge in [0, 0.05) is 32.6 Å². The number of carbonyl (C=O) groups excluding carboxylic acids is 1. The van der Waals surface area contributed by atoms with Gasteiger partial charge in [-0.15, -0.1) is 0 Å². The number of amidine groups is 1. The van der Waals surface area contributed by atoms with Crippen molar-refractivity contribution in [3.8, 4) is 0 Å². The predicted octanol–water partition coefficient (Wildman–Crippen LogP) is 4.14. The maximum atomic E-state index is 10.9. The van der Waals surface area contributed by atoms with Crippen molar-refractivity contribution in [2.24, 2.45) is 4.99 Å². The van der Waals surface area contributed by atoms with Crippen LogP contribution in [0.2, 0.25) is 0 Å². The first-order valence-electron chi connectivity index (χ1n) is 11.6. The van der Waals surface area contributed by atoms with E-state index in [9.17, 15) is 9.59 Å². The van der Waals surface area contributed by atoms with Crippen molar-refractivity contribution in [1.29, 1.82) is 0 Å². The summed E-state index contributed by atoms with van der Waals surface area (Å²) in [6.07, 6.45) is 9.31. The van der Waals surface area contributed by atoms with E-state index >= 15 is 0 Å². The van der Waals surface area contributed by atoms with E-state index in [-0.39, 0.29) is 12.4 Å². The molecule has 0 saturated carbocycles. The average Bonchev–Trinajstić information content (AvgIpc) is 3.05. The first kappa shape index (κ1) is 23.8. The topological polar surface area (TPSA) is 82.4 Å². The number of carboxylic acid groups (broad SMARTS) is 1. The molecule has 3 heterocycles. The molecule has 0 bridgehead atoms. The molecule has 3 aliphatic rings. The van der Waals surface area contributed by atoms with Crippen molar-refractivity contribution in [2.45, 2.75) is 57.4 Å². The molecule has 3 aliphatic heterocycles. The minimum Gasteiger partial charge on any atom is -0.469 e. The maximum Gasteiger partial charge on any atom is 0.407 e. The molecule has 1 atom stereocenters. The molecule has 1 aromatic carbocycles. The van der Waals surface area contributed by atoms with Crippen LogP contribution in [0.5, 0.6) is 0 Å². The highest BCUT2D eigenvalue weighted by Gasteiger charge is 2.22. The van der Waals surface area contributed by atoms with Crippen LogP contribution in [0.15, 0.2) is 47.0 Å². The zero-order valence-corrected chi connectivity index (χ0v) is 19.0. The lowest BCUT2D eigenvalue weighted by Gasteiger charge is -2.31. The van der Waals surface area contributed by atoms with Gasteiger partial charge >= 0.3 is 12.1 Å². The van der Waals surface area contributed by atoms with Gasteiger partial charge in [-0.3, -0.25) is 9.79 Å². The fourth-order valence-electron chi connectivity index (χ4n) is 4.35. The fraction of sp³-hybridized carbons (Fsp3) is 0.560. The molecule has 0 aliphatic carbocycles. The van der Waals surface area contributed by atoms with Crippen molar-refractivity contribution in [3.05, 3.63) is 47.5 Å². The Hall–Kier alpha value is -2.83. The van der Waals surface area contributed by atoms with Crippen LogP contribution in [0.3, 0.4) is 0 Å². The first-order chi connectivity index (χ1) is 15.5. The number of ether oxygens (including phenoxy) is 1. The number of hydrogen-bond donors (Lipinski definition) is 1. The van der Waals surface area contributed by atoms with Crippen molar-refractivity contribution >= 4 is 17.9 Å². The Morgan fingerprint density at radius 2 is 1.91 bits per heavy atom. The highest BCUT2D eigenvalue weighted by Crippen LogP contribution is 2.21. The molecule has 0 spiro atoms. The van der Waals surface area contributed by atoms with E-state index in [1.165, 1.54) is 68.6 Å². The third-order valence-corrected chi connectivity index (χ3v) is 6.24. The van der Waals surface area contributed by atoms with E-state index in [0.29, 0.717) is 25.6 Å². The molecule has 7 nitrogen and oxygen atoms in total. The van der Waals surface area contributed by atoms with E-state index in [1.54, 1.807) is 6.08 Å². The molecule has 1 aromatic rings. The van der Waals surface area contributed by atoms with Gasteiger partial charge in [-0.1, -0.05) is 48.4 Å². The third kappa shape index (κ3) is 7.39. The number of rotatable bonds is 4. The monoisotopic (exact) mass is 441 g/mol. The first-order valence-corrected chi connectivity index (χ1v) is 11.6. The quantitative estimate of drug-likeness (QED) is 0.561. The van der Waals surface area contributed by atoms with Gasteiger partial charge in [0.15, 0.2) is 0 Å². The summed E-state index contributed by atoms with van der Waals surface area (Å²) in [7, 11) is 1.34. The summed E-state index contributed by atoms with van der Waals surface area (Å²) < 4.78 is 4.52. The Kier molecular flexibility index (Phi) is 9.13. The summed E-state index contributed by atoms with van der Waals surface area (Å²) in [5.74, 6) is 1.11. The highest BCUT2D eigenvalue weighted by molar-refractivity contribution is 5.83. The molecular weight excluding hydrogens is 406 g/mol. The molecule has 0 radical (unpaired) electrons. The zero-order chi connectivity index (χ0) is 22.8. The van der Waals surface area contributed by atoms with Crippen LogP contribution in [0, 0.1) is 0 Å². The number of aliphatic imine (C=N–C) groups is 1. The molecule has 1 unspecified atom stereocenters. The fourth-order valence-corrected chi connectivity index (χ4v) is 4.35. The number of fused-ring (bicyclic) bond motifs is 1. The number of amides is 1. The zero-order valence-electron chi connectivity index (χ0n) is 19.0. The molecule has 7 heteroatoms. The van der Waals surface area contributed by atoms with Crippen molar-refractivity contribution in [2.75, 3.05) is 33.3 Å². The Morgan fingerprint density at radius 1 is 1.09 bits per heavy atom. The highest BCUT2D eigenvalue weighted by atomic mass is 16.5. The Morgan fingerprint density at radius 3 is 2.59 bits per heavy atom. The number of esters is 1. The van der Waals surface area contributed by atoms with Crippen LogP contribution in [-0.2, 0) is 16.0 Å². The number of hydrogen-bond acceptors (Lipinski definition) is 5. The predicted molar refractivity (Wildman–Crippen MR) is 125 cm³/mol. The number of benzene rings is 1. The SMILES string of the molecule is COC(=O)CC1=CCN(C(=O)O)CC1.c1ccc(CC2CCN3CCCCCC3=N2)cc1. The molecule has 1 amide bonds. The Balaban J connectivity index is 0.000000188. The van der Waals surface area contributed by atoms with Crippen LogP contribution in [0.4, 0.5) is 4.79 Å². The average molecular weight is 442 g/mol. The lowest BCUT2D eigenvalue weighted by molar-refractivity contribution is -0.139. The van der Waals surface area contributed by atoms with Gasteiger partial charge in [-0.05, 0) is 37.7 Å². The minimum absolute atomic E-state index is 0.268. The third-order valence-electron chi connectivity index (χ3n) is 6.24. The van der Waals surface area contributed by atoms with Crippen LogP contribution < -0.4 is 0 Å². The number of carbonyl (C=O) groups is 2. The van der Waals surface area contributed by atoms with Crippen molar-refractivity contribution < 1.29 is 19.4 Å². The molecule has 1 N–H and O–H groups in total. The lowest BCUT2D eigenvalue weighted by Crippen LogP contribution is -2.38. The molecular formula is C25H35N3O4. The smallest absolute Gasteiger partial charge is 0.407 e. The second kappa shape index (κ2) is 12.3. The second-order valence-electron chi connectivity index (χ2n) is 8.57. The largest absolute Gasteiger partial charge is 0.469 e. The van der Waals surface area contributed by atoms with Crippen LogP contribution >= 0.6 is 0 Å². The molecule has 1 fully saturated rings. The van der Waals surface area contributed by atoms with Gasteiger partial charge in [-0.2, -0.15) is 0 Å². The Bertz CT molecular complexity index is 822. The maximum absolute atomic E-state index is 10.9. The summed E-state index contributed by atoms with van der Waals surface area (Å²) in [6.45, 7) is 3.27. The second-order valence-corrected chi connectivity index (χ2v) is 8.57. The van der Waals surface area contributed by atoms with E-state index < -0.39 is 6.09 Å².